The summed E-state index contributed by atoms with van der Waals surface area (Å²) in [6.45, 7) is 3.13. The topological polar surface area (TPSA) is 75.4 Å². The molecule has 98 valence electrons. The number of hydrogen-bond acceptors (Lipinski definition) is 4. The molecule has 0 aliphatic carbocycles. The largest absolute Gasteiger partial charge is 0.354 e. The molecule has 1 atom stereocenters. The summed E-state index contributed by atoms with van der Waals surface area (Å²) < 4.78 is 0. The summed E-state index contributed by atoms with van der Waals surface area (Å²) >= 11 is 1.63. The molecule has 0 aromatic heterocycles. The highest BCUT2D eigenvalue weighted by Crippen LogP contribution is 2.22. The van der Waals surface area contributed by atoms with E-state index < -0.39 is 0 Å². The lowest BCUT2D eigenvalue weighted by Crippen LogP contribution is -2.47. The van der Waals surface area contributed by atoms with Crippen LogP contribution in [0.25, 0.3) is 0 Å². The van der Waals surface area contributed by atoms with E-state index in [1.807, 2.05) is 6.92 Å². The van der Waals surface area contributed by atoms with Gasteiger partial charge in [0.25, 0.3) is 0 Å². The van der Waals surface area contributed by atoms with Gasteiger partial charge >= 0.3 is 0 Å². The van der Waals surface area contributed by atoms with Crippen LogP contribution in [0, 0.1) is 0 Å². The van der Waals surface area contributed by atoms with Crippen LogP contribution in [0.3, 0.4) is 0 Å². The lowest BCUT2D eigenvalue weighted by Gasteiger charge is -2.22. The highest BCUT2D eigenvalue weighted by atomic mass is 32.2. The van der Waals surface area contributed by atoms with Gasteiger partial charge in [-0.2, -0.15) is 0 Å². The number of nitrogens with zero attached hydrogens (tertiary/aromatic N) is 1. The smallest absolute Gasteiger partial charge is 0.243 e. The minimum Gasteiger partial charge on any atom is -0.354 e. The van der Waals surface area contributed by atoms with E-state index in [4.69, 9.17) is 5.73 Å². The van der Waals surface area contributed by atoms with E-state index in [1.165, 1.54) is 0 Å². The fourth-order valence-corrected chi connectivity index (χ4v) is 2.88. The maximum absolute atomic E-state index is 11.9. The van der Waals surface area contributed by atoms with Crippen LogP contribution in [-0.2, 0) is 9.59 Å². The van der Waals surface area contributed by atoms with Gasteiger partial charge in [-0.1, -0.05) is 6.92 Å². The fraction of sp³-hybridized carbons (Fsp3) is 0.818. The van der Waals surface area contributed by atoms with Crippen molar-refractivity contribution in [1.29, 1.82) is 0 Å². The Kier molecular flexibility index (Phi) is 6.36. The first-order valence-electron chi connectivity index (χ1n) is 6.05. The number of thioether (sulfide) groups is 1. The number of nitrogens with one attached hydrogen (secondary N) is 1. The lowest BCUT2D eigenvalue weighted by atomic mass is 10.2. The SMILES string of the molecule is CCCC(=O)N1CSCC1C(=O)NCCCN. The zero-order chi connectivity index (χ0) is 12.7. The van der Waals surface area contributed by atoms with Crippen LogP contribution in [0.4, 0.5) is 0 Å². The van der Waals surface area contributed by atoms with E-state index in [2.05, 4.69) is 5.32 Å². The molecule has 2 amide bonds. The van der Waals surface area contributed by atoms with E-state index >= 15 is 0 Å². The van der Waals surface area contributed by atoms with Crippen molar-refractivity contribution in [2.24, 2.45) is 5.73 Å². The van der Waals surface area contributed by atoms with Crippen LogP contribution in [0.5, 0.6) is 0 Å². The first-order chi connectivity index (χ1) is 8.20. The molecular formula is C11H21N3O2S. The number of carbonyl (C=O) groups is 2. The van der Waals surface area contributed by atoms with E-state index in [1.54, 1.807) is 16.7 Å². The molecule has 1 heterocycles. The van der Waals surface area contributed by atoms with Gasteiger partial charge in [0.2, 0.25) is 11.8 Å². The van der Waals surface area contributed by atoms with Crippen LogP contribution in [0.15, 0.2) is 0 Å². The van der Waals surface area contributed by atoms with Crippen molar-refractivity contribution in [2.75, 3.05) is 24.7 Å². The summed E-state index contributed by atoms with van der Waals surface area (Å²) in [5.74, 6) is 1.36. The molecule has 0 saturated carbocycles. The summed E-state index contributed by atoms with van der Waals surface area (Å²) in [5.41, 5.74) is 5.36. The third kappa shape index (κ3) is 4.20. The van der Waals surface area contributed by atoms with E-state index in [0.717, 1.165) is 12.8 Å². The minimum absolute atomic E-state index is 0.0482. The summed E-state index contributed by atoms with van der Waals surface area (Å²) in [6, 6.07) is -0.295. The Morgan fingerprint density at radius 2 is 2.29 bits per heavy atom. The molecule has 1 rings (SSSR count). The summed E-state index contributed by atoms with van der Waals surface area (Å²) in [7, 11) is 0. The lowest BCUT2D eigenvalue weighted by molar-refractivity contribution is -0.138. The van der Waals surface area contributed by atoms with Crippen molar-refractivity contribution in [3.63, 3.8) is 0 Å². The Bertz CT molecular complexity index is 273. The predicted octanol–water partition coefficient (Wildman–Crippen LogP) is 0.153. The molecule has 6 heteroatoms. The van der Waals surface area contributed by atoms with Crippen LogP contribution < -0.4 is 11.1 Å². The Morgan fingerprint density at radius 3 is 2.94 bits per heavy atom. The zero-order valence-corrected chi connectivity index (χ0v) is 11.1. The maximum Gasteiger partial charge on any atom is 0.243 e. The van der Waals surface area contributed by atoms with Gasteiger partial charge < -0.3 is 16.0 Å². The molecule has 1 aliphatic heterocycles. The second kappa shape index (κ2) is 7.55. The molecular weight excluding hydrogens is 238 g/mol. The maximum atomic E-state index is 11.9. The quantitative estimate of drug-likeness (QED) is 0.666. The highest BCUT2D eigenvalue weighted by molar-refractivity contribution is 7.99. The van der Waals surface area contributed by atoms with Crippen LogP contribution in [0.1, 0.15) is 26.2 Å². The molecule has 5 nitrogen and oxygen atoms in total. The van der Waals surface area contributed by atoms with Crippen molar-refractivity contribution in [2.45, 2.75) is 32.2 Å². The number of hydrogen-bond donors (Lipinski definition) is 2. The monoisotopic (exact) mass is 259 g/mol. The van der Waals surface area contributed by atoms with E-state index in [9.17, 15) is 9.59 Å². The third-order valence-electron chi connectivity index (χ3n) is 2.65. The molecule has 17 heavy (non-hydrogen) atoms. The standard InChI is InChI=1S/C11H21N3O2S/c1-2-4-10(15)14-8-17-7-9(14)11(16)13-6-3-5-12/h9H,2-8,12H2,1H3,(H,13,16). The van der Waals surface area contributed by atoms with Crippen LogP contribution >= 0.6 is 11.8 Å². The first kappa shape index (κ1) is 14.3. The van der Waals surface area contributed by atoms with Crippen molar-refractivity contribution in [1.82, 2.24) is 10.2 Å². The van der Waals surface area contributed by atoms with Gasteiger partial charge in [-0.05, 0) is 19.4 Å². The van der Waals surface area contributed by atoms with Crippen LogP contribution in [0.2, 0.25) is 0 Å². The molecule has 0 bridgehead atoms. The molecule has 1 fully saturated rings. The molecule has 0 aromatic rings. The molecule has 3 N–H and O–H groups in total. The van der Waals surface area contributed by atoms with E-state index in [-0.39, 0.29) is 17.9 Å². The molecule has 1 aliphatic rings. The average Bonchev–Trinajstić information content (AvgIpc) is 2.78. The van der Waals surface area contributed by atoms with Crippen molar-refractivity contribution >= 4 is 23.6 Å². The Labute approximate surface area is 106 Å². The molecule has 1 unspecified atom stereocenters. The molecule has 0 spiro atoms. The predicted molar refractivity (Wildman–Crippen MR) is 69.5 cm³/mol. The van der Waals surface area contributed by atoms with Gasteiger partial charge in [-0.15, -0.1) is 11.8 Å². The van der Waals surface area contributed by atoms with Gasteiger partial charge in [-0.3, -0.25) is 9.59 Å². The Hall–Kier alpha value is -0.750. The first-order valence-corrected chi connectivity index (χ1v) is 7.21. The summed E-state index contributed by atoms with van der Waals surface area (Å²) in [5, 5.41) is 2.83. The second-order valence-electron chi connectivity index (χ2n) is 4.06. The molecule has 0 aromatic carbocycles. The zero-order valence-electron chi connectivity index (χ0n) is 10.3. The Balaban J connectivity index is 2.44. The van der Waals surface area contributed by atoms with Gasteiger partial charge in [0.05, 0.1) is 5.88 Å². The van der Waals surface area contributed by atoms with Gasteiger partial charge in [0.1, 0.15) is 6.04 Å². The normalized spacial score (nSPS) is 19.4. The number of nitrogens with two attached hydrogens (primary N) is 1. The molecule has 0 radical (unpaired) electrons. The van der Waals surface area contributed by atoms with Crippen molar-refractivity contribution in [3.05, 3.63) is 0 Å². The van der Waals surface area contributed by atoms with Gasteiger partial charge in [0.15, 0.2) is 0 Å². The second-order valence-corrected chi connectivity index (χ2v) is 5.06. The highest BCUT2D eigenvalue weighted by Gasteiger charge is 2.33. The van der Waals surface area contributed by atoms with Crippen molar-refractivity contribution < 1.29 is 9.59 Å². The third-order valence-corrected chi connectivity index (χ3v) is 3.66. The summed E-state index contributed by atoms with van der Waals surface area (Å²) in [4.78, 5) is 25.4. The van der Waals surface area contributed by atoms with E-state index in [0.29, 0.717) is 31.1 Å². The number of carbonyl (C=O) groups excluding carboxylic acids is 2. The fourth-order valence-electron chi connectivity index (χ4n) is 1.69. The number of rotatable bonds is 6. The van der Waals surface area contributed by atoms with Gasteiger partial charge in [-0.25, -0.2) is 0 Å². The van der Waals surface area contributed by atoms with Crippen LogP contribution in [-0.4, -0.2) is 47.5 Å². The minimum atomic E-state index is -0.295. The van der Waals surface area contributed by atoms with Gasteiger partial charge in [0, 0.05) is 18.7 Å². The molecule has 1 saturated heterocycles. The average molecular weight is 259 g/mol. The number of amides is 2. The van der Waals surface area contributed by atoms with Crippen molar-refractivity contribution in [3.8, 4) is 0 Å². The summed E-state index contributed by atoms with van der Waals surface area (Å²) in [6.07, 6.45) is 2.11. The Morgan fingerprint density at radius 1 is 1.53 bits per heavy atom.